The van der Waals surface area contributed by atoms with Crippen LogP contribution in [-0.2, 0) is 6.54 Å². The molecule has 2 aliphatic heterocycles. The average Bonchev–Trinajstić information content (AvgIpc) is 2.59. The van der Waals surface area contributed by atoms with Crippen LogP contribution in [0, 0.1) is 5.92 Å². The van der Waals surface area contributed by atoms with Crippen molar-refractivity contribution in [1.29, 1.82) is 0 Å². The van der Waals surface area contributed by atoms with E-state index in [1.54, 1.807) is 0 Å². The van der Waals surface area contributed by atoms with E-state index >= 15 is 0 Å². The van der Waals surface area contributed by atoms with Gasteiger partial charge in [0, 0.05) is 31.4 Å². The second-order valence-electron chi connectivity index (χ2n) is 7.74. The van der Waals surface area contributed by atoms with Crippen molar-refractivity contribution < 1.29 is 5.11 Å². The smallest absolute Gasteiger partial charge is 0.0564 e. The summed E-state index contributed by atoms with van der Waals surface area (Å²) in [6.07, 6.45) is 4.29. The first kappa shape index (κ1) is 17.7. The molecule has 1 unspecified atom stereocenters. The molecule has 3 rings (SSSR count). The fourth-order valence-electron chi connectivity index (χ4n) is 4.01. The number of hydrogen-bond donors (Lipinski definition) is 2. The monoisotopic (exact) mass is 331 g/mol. The van der Waals surface area contributed by atoms with Gasteiger partial charge in [0.25, 0.3) is 0 Å². The maximum Gasteiger partial charge on any atom is 0.0564 e. The fraction of sp³-hybridized carbons (Fsp3) is 0.700. The van der Waals surface area contributed by atoms with E-state index in [-0.39, 0.29) is 6.10 Å². The van der Waals surface area contributed by atoms with Crippen LogP contribution < -0.4 is 5.32 Å². The van der Waals surface area contributed by atoms with E-state index in [4.69, 9.17) is 0 Å². The molecule has 134 valence electrons. The molecule has 0 radical (unpaired) electrons. The Morgan fingerprint density at radius 3 is 2.46 bits per heavy atom. The average molecular weight is 332 g/mol. The lowest BCUT2D eigenvalue weighted by molar-refractivity contribution is 0.0793. The molecular weight excluding hydrogens is 298 g/mol. The van der Waals surface area contributed by atoms with Gasteiger partial charge >= 0.3 is 0 Å². The first-order valence-corrected chi connectivity index (χ1v) is 9.55. The first-order valence-electron chi connectivity index (χ1n) is 9.55. The van der Waals surface area contributed by atoms with Crippen LogP contribution in [0.2, 0.25) is 0 Å². The van der Waals surface area contributed by atoms with Gasteiger partial charge < -0.3 is 15.3 Å². The highest BCUT2D eigenvalue weighted by atomic mass is 16.3. The summed E-state index contributed by atoms with van der Waals surface area (Å²) in [7, 11) is 2.22. The Morgan fingerprint density at radius 1 is 1.08 bits per heavy atom. The minimum absolute atomic E-state index is 0.0981. The Kier molecular flexibility index (Phi) is 6.14. The second kappa shape index (κ2) is 8.32. The molecule has 2 aliphatic rings. The topological polar surface area (TPSA) is 38.7 Å². The van der Waals surface area contributed by atoms with Crippen LogP contribution in [0.4, 0.5) is 5.69 Å². The van der Waals surface area contributed by atoms with Gasteiger partial charge in [-0.25, -0.2) is 0 Å². The highest BCUT2D eigenvalue weighted by molar-refractivity contribution is 5.51. The predicted molar refractivity (Wildman–Crippen MR) is 100 cm³/mol. The standard InChI is InChI=1S/C20H33N3O/c1-16(17-7-11-22(2)12-8-17)21-20-6-4-3-5-18(20)15-23-13-9-19(24)10-14-23/h3-6,16-17,19,21,24H,7-15H2,1-2H3. The minimum Gasteiger partial charge on any atom is -0.393 e. The summed E-state index contributed by atoms with van der Waals surface area (Å²) in [5, 5.41) is 13.5. The van der Waals surface area contributed by atoms with E-state index < -0.39 is 0 Å². The molecule has 0 saturated carbocycles. The van der Waals surface area contributed by atoms with E-state index in [1.807, 2.05) is 0 Å². The van der Waals surface area contributed by atoms with Crippen LogP contribution in [-0.4, -0.2) is 60.3 Å². The number of aliphatic hydroxyl groups is 1. The third kappa shape index (κ3) is 4.71. The number of piperidine rings is 2. The maximum absolute atomic E-state index is 9.69. The van der Waals surface area contributed by atoms with Crippen molar-refractivity contribution in [2.75, 3.05) is 38.5 Å². The summed E-state index contributed by atoms with van der Waals surface area (Å²) in [6, 6.07) is 9.25. The molecule has 4 heteroatoms. The van der Waals surface area contributed by atoms with E-state index in [1.165, 1.54) is 37.2 Å². The van der Waals surface area contributed by atoms with Gasteiger partial charge in [0.05, 0.1) is 6.10 Å². The van der Waals surface area contributed by atoms with Crippen LogP contribution in [0.3, 0.4) is 0 Å². The molecule has 0 aliphatic carbocycles. The number of benzene rings is 1. The second-order valence-corrected chi connectivity index (χ2v) is 7.74. The molecule has 0 aromatic heterocycles. The maximum atomic E-state index is 9.69. The van der Waals surface area contributed by atoms with Gasteiger partial charge in [0.2, 0.25) is 0 Å². The summed E-state index contributed by atoms with van der Waals surface area (Å²) in [5.74, 6) is 0.763. The van der Waals surface area contributed by atoms with Crippen LogP contribution >= 0.6 is 0 Å². The van der Waals surface area contributed by atoms with Gasteiger partial charge in [-0.05, 0) is 70.3 Å². The SMILES string of the molecule is CC(Nc1ccccc1CN1CCC(O)CC1)C1CCN(C)CC1. The van der Waals surface area contributed by atoms with Gasteiger partial charge in [0.1, 0.15) is 0 Å². The Morgan fingerprint density at radius 2 is 1.75 bits per heavy atom. The fourth-order valence-corrected chi connectivity index (χ4v) is 4.01. The third-order valence-electron chi connectivity index (χ3n) is 5.82. The van der Waals surface area contributed by atoms with Gasteiger partial charge in [-0.2, -0.15) is 0 Å². The van der Waals surface area contributed by atoms with Crippen LogP contribution in [0.15, 0.2) is 24.3 Å². The summed E-state index contributed by atoms with van der Waals surface area (Å²) >= 11 is 0. The van der Waals surface area contributed by atoms with Crippen molar-refractivity contribution in [2.45, 2.75) is 51.3 Å². The quantitative estimate of drug-likeness (QED) is 0.870. The molecule has 0 spiro atoms. The van der Waals surface area contributed by atoms with E-state index in [0.29, 0.717) is 6.04 Å². The zero-order valence-corrected chi connectivity index (χ0v) is 15.2. The molecular formula is C20H33N3O. The number of anilines is 1. The van der Waals surface area contributed by atoms with Crippen molar-refractivity contribution in [2.24, 2.45) is 5.92 Å². The minimum atomic E-state index is -0.0981. The van der Waals surface area contributed by atoms with E-state index in [9.17, 15) is 5.11 Å². The predicted octanol–water partition coefficient (Wildman–Crippen LogP) is 2.79. The highest BCUT2D eigenvalue weighted by Crippen LogP contribution is 2.25. The Bertz CT molecular complexity index is 505. The third-order valence-corrected chi connectivity index (χ3v) is 5.82. The highest BCUT2D eigenvalue weighted by Gasteiger charge is 2.23. The molecule has 4 nitrogen and oxygen atoms in total. The summed E-state index contributed by atoms with van der Waals surface area (Å²) in [5.41, 5.74) is 2.67. The Labute approximate surface area is 146 Å². The van der Waals surface area contributed by atoms with E-state index in [0.717, 1.165) is 38.4 Å². The Hall–Kier alpha value is -1.10. The number of nitrogens with one attached hydrogen (secondary N) is 1. The number of para-hydroxylation sites is 1. The van der Waals surface area contributed by atoms with E-state index in [2.05, 4.69) is 53.4 Å². The summed E-state index contributed by atoms with van der Waals surface area (Å²) < 4.78 is 0. The lowest BCUT2D eigenvalue weighted by atomic mass is 9.90. The number of hydrogen-bond acceptors (Lipinski definition) is 4. The number of nitrogens with zero attached hydrogens (tertiary/aromatic N) is 2. The van der Waals surface area contributed by atoms with Crippen molar-refractivity contribution in [3.05, 3.63) is 29.8 Å². The lowest BCUT2D eigenvalue weighted by Crippen LogP contribution is -2.38. The zero-order chi connectivity index (χ0) is 16.9. The van der Waals surface area contributed by atoms with Gasteiger partial charge in [-0.15, -0.1) is 0 Å². The van der Waals surface area contributed by atoms with Gasteiger partial charge in [-0.1, -0.05) is 18.2 Å². The Balaban J connectivity index is 1.59. The summed E-state index contributed by atoms with van der Waals surface area (Å²) in [4.78, 5) is 4.90. The van der Waals surface area contributed by atoms with Crippen LogP contribution in [0.1, 0.15) is 38.2 Å². The number of rotatable bonds is 5. The molecule has 2 saturated heterocycles. The molecule has 24 heavy (non-hydrogen) atoms. The molecule has 0 amide bonds. The molecule has 0 bridgehead atoms. The molecule has 1 aromatic carbocycles. The van der Waals surface area contributed by atoms with Gasteiger partial charge in [-0.3, -0.25) is 4.90 Å². The lowest BCUT2D eigenvalue weighted by Gasteiger charge is -2.34. The molecule has 2 heterocycles. The first-order chi connectivity index (χ1) is 11.6. The number of aliphatic hydroxyl groups excluding tert-OH is 1. The largest absolute Gasteiger partial charge is 0.393 e. The molecule has 2 N–H and O–H groups in total. The zero-order valence-electron chi connectivity index (χ0n) is 15.2. The van der Waals surface area contributed by atoms with Crippen LogP contribution in [0.25, 0.3) is 0 Å². The van der Waals surface area contributed by atoms with Crippen LogP contribution in [0.5, 0.6) is 0 Å². The normalized spacial score (nSPS) is 23.3. The van der Waals surface area contributed by atoms with Crippen molar-refractivity contribution in [3.8, 4) is 0 Å². The van der Waals surface area contributed by atoms with Gasteiger partial charge in [0.15, 0.2) is 0 Å². The van der Waals surface area contributed by atoms with Crippen molar-refractivity contribution in [1.82, 2.24) is 9.80 Å². The molecule has 1 aromatic rings. The summed E-state index contributed by atoms with van der Waals surface area (Å²) in [6.45, 7) is 7.75. The number of likely N-dealkylation sites (tertiary alicyclic amines) is 2. The molecule has 1 atom stereocenters. The van der Waals surface area contributed by atoms with Crippen molar-refractivity contribution in [3.63, 3.8) is 0 Å². The molecule has 2 fully saturated rings. The van der Waals surface area contributed by atoms with Crippen molar-refractivity contribution >= 4 is 5.69 Å².